The summed E-state index contributed by atoms with van der Waals surface area (Å²) in [5.74, 6) is 2.42. The van der Waals surface area contributed by atoms with E-state index in [9.17, 15) is 8.42 Å². The van der Waals surface area contributed by atoms with Gasteiger partial charge in [-0.3, -0.25) is 4.55 Å². The second kappa shape index (κ2) is 21.7. The first-order chi connectivity index (χ1) is 15.6. The third-order valence-corrected chi connectivity index (χ3v) is 8.02. The molecule has 0 amide bonds. The Morgan fingerprint density at radius 2 is 1.22 bits per heavy atom. The summed E-state index contributed by atoms with van der Waals surface area (Å²) < 4.78 is 41.3. The first kappa shape index (κ1) is 30.2. The lowest BCUT2D eigenvalue weighted by Gasteiger charge is -2.22. The Morgan fingerprint density at radius 1 is 0.719 bits per heavy atom. The molecule has 0 aliphatic carbocycles. The quantitative estimate of drug-likeness (QED) is 0.118. The molecule has 32 heavy (non-hydrogen) atoms. The molecule has 1 unspecified atom stereocenters. The van der Waals surface area contributed by atoms with Crippen LogP contribution in [-0.2, 0) is 19.6 Å². The van der Waals surface area contributed by atoms with E-state index in [-0.39, 0.29) is 12.0 Å². The third kappa shape index (κ3) is 22.0. The van der Waals surface area contributed by atoms with Crippen molar-refractivity contribution in [3.63, 3.8) is 0 Å². The van der Waals surface area contributed by atoms with E-state index < -0.39 is 10.1 Å². The zero-order valence-electron chi connectivity index (χ0n) is 20.4. The number of ether oxygens (including phenoxy) is 2. The summed E-state index contributed by atoms with van der Waals surface area (Å²) in [6.45, 7) is 1.71. The Morgan fingerprint density at radius 3 is 1.72 bits per heavy atom. The Balaban J connectivity index is 1.65. The highest BCUT2D eigenvalue weighted by Gasteiger charge is 2.13. The van der Waals surface area contributed by atoms with E-state index >= 15 is 0 Å². The van der Waals surface area contributed by atoms with E-state index in [1.165, 1.54) is 101 Å². The minimum Gasteiger partial charge on any atom is -0.353 e. The highest BCUT2D eigenvalue weighted by molar-refractivity contribution is 7.99. The van der Waals surface area contributed by atoms with Crippen LogP contribution in [0.1, 0.15) is 122 Å². The Kier molecular flexibility index (Phi) is 20.5. The van der Waals surface area contributed by atoms with Gasteiger partial charge < -0.3 is 9.47 Å². The highest BCUT2D eigenvalue weighted by atomic mass is 32.2. The van der Waals surface area contributed by atoms with Crippen LogP contribution in [0, 0.1) is 0 Å². The second-order valence-corrected chi connectivity index (χ2v) is 12.0. The molecule has 1 rings (SSSR count). The lowest BCUT2D eigenvalue weighted by Crippen LogP contribution is -2.22. The molecule has 0 aromatic heterocycles. The number of rotatable bonds is 23. The standard InChI is InChI=1S/C25H50O5S2/c26-32(27,28)24-17-13-11-9-7-5-3-1-2-4-6-8-10-12-16-22-31-23-18-21-30-25-19-14-15-20-29-25/h25H,1-24H2,(H,26,27,28). The van der Waals surface area contributed by atoms with Crippen LogP contribution in [0.5, 0.6) is 0 Å². The largest absolute Gasteiger partial charge is 0.353 e. The van der Waals surface area contributed by atoms with Gasteiger partial charge in [-0.25, -0.2) is 0 Å². The smallest absolute Gasteiger partial charge is 0.264 e. The van der Waals surface area contributed by atoms with Crippen LogP contribution >= 0.6 is 11.8 Å². The van der Waals surface area contributed by atoms with Gasteiger partial charge in [-0.05, 0) is 50.0 Å². The molecule has 1 saturated heterocycles. The molecule has 192 valence electrons. The molecule has 0 aromatic carbocycles. The molecule has 1 heterocycles. The van der Waals surface area contributed by atoms with Gasteiger partial charge >= 0.3 is 0 Å². The fourth-order valence-electron chi connectivity index (χ4n) is 4.11. The van der Waals surface area contributed by atoms with Crippen molar-refractivity contribution in [1.29, 1.82) is 0 Å². The van der Waals surface area contributed by atoms with Gasteiger partial charge in [0.1, 0.15) is 0 Å². The fraction of sp³-hybridized carbons (Fsp3) is 1.00. The van der Waals surface area contributed by atoms with Gasteiger partial charge in [-0.15, -0.1) is 0 Å². The summed E-state index contributed by atoms with van der Waals surface area (Å²) in [5.41, 5.74) is 0. The number of hydrogen-bond donors (Lipinski definition) is 1. The minimum atomic E-state index is -3.76. The Bertz CT molecular complexity index is 493. The van der Waals surface area contributed by atoms with Gasteiger partial charge in [-0.2, -0.15) is 20.2 Å². The molecule has 1 fully saturated rings. The zero-order valence-corrected chi connectivity index (χ0v) is 22.1. The summed E-state index contributed by atoms with van der Waals surface area (Å²) >= 11 is 2.07. The van der Waals surface area contributed by atoms with Gasteiger partial charge in [-0.1, -0.05) is 83.5 Å². The lowest BCUT2D eigenvalue weighted by atomic mass is 10.0. The van der Waals surface area contributed by atoms with E-state index in [4.69, 9.17) is 14.0 Å². The molecule has 5 nitrogen and oxygen atoms in total. The number of hydrogen-bond acceptors (Lipinski definition) is 5. The number of thioether (sulfide) groups is 1. The predicted molar refractivity (Wildman–Crippen MR) is 137 cm³/mol. The molecule has 0 radical (unpaired) electrons. The van der Waals surface area contributed by atoms with Crippen molar-refractivity contribution in [2.75, 3.05) is 30.5 Å². The first-order valence-corrected chi connectivity index (χ1v) is 16.1. The van der Waals surface area contributed by atoms with Crippen LogP contribution in [0.4, 0.5) is 0 Å². The average Bonchev–Trinajstić information content (AvgIpc) is 2.77. The fourth-order valence-corrected chi connectivity index (χ4v) is 5.61. The van der Waals surface area contributed by atoms with Crippen molar-refractivity contribution in [3.05, 3.63) is 0 Å². The van der Waals surface area contributed by atoms with Crippen molar-refractivity contribution in [3.8, 4) is 0 Å². The second-order valence-electron chi connectivity index (χ2n) is 9.22. The first-order valence-electron chi connectivity index (χ1n) is 13.3. The van der Waals surface area contributed by atoms with Gasteiger partial charge in [0.25, 0.3) is 10.1 Å². The maximum absolute atomic E-state index is 10.6. The van der Waals surface area contributed by atoms with Crippen molar-refractivity contribution in [2.24, 2.45) is 0 Å². The summed E-state index contributed by atoms with van der Waals surface area (Å²) in [6, 6.07) is 0. The molecule has 1 N–H and O–H groups in total. The van der Waals surface area contributed by atoms with Gasteiger partial charge in [0.05, 0.1) is 12.4 Å². The van der Waals surface area contributed by atoms with E-state index in [2.05, 4.69) is 11.8 Å². The maximum Gasteiger partial charge on any atom is 0.264 e. The van der Waals surface area contributed by atoms with Crippen LogP contribution < -0.4 is 0 Å². The predicted octanol–water partition coefficient (Wildman–Crippen LogP) is 7.39. The molecular weight excluding hydrogens is 444 g/mol. The molecule has 1 atom stereocenters. The Labute approximate surface area is 202 Å². The van der Waals surface area contributed by atoms with Crippen molar-refractivity contribution >= 4 is 21.9 Å². The Hall–Kier alpha value is 0.180. The zero-order chi connectivity index (χ0) is 23.2. The summed E-state index contributed by atoms with van der Waals surface area (Å²) in [7, 11) is -3.76. The molecule has 0 saturated carbocycles. The monoisotopic (exact) mass is 494 g/mol. The molecule has 0 aromatic rings. The molecule has 0 bridgehead atoms. The van der Waals surface area contributed by atoms with Crippen LogP contribution in [0.3, 0.4) is 0 Å². The summed E-state index contributed by atoms with van der Waals surface area (Å²) in [4.78, 5) is 0. The van der Waals surface area contributed by atoms with Crippen molar-refractivity contribution in [1.82, 2.24) is 0 Å². The van der Waals surface area contributed by atoms with E-state index in [0.717, 1.165) is 38.9 Å². The van der Waals surface area contributed by atoms with E-state index in [0.29, 0.717) is 6.42 Å². The number of unbranched alkanes of at least 4 members (excludes halogenated alkanes) is 14. The summed E-state index contributed by atoms with van der Waals surface area (Å²) in [5, 5.41) is 0. The lowest BCUT2D eigenvalue weighted by molar-refractivity contribution is -0.162. The van der Waals surface area contributed by atoms with Crippen molar-refractivity contribution < 1.29 is 22.4 Å². The summed E-state index contributed by atoms with van der Waals surface area (Å²) in [6.07, 6.45) is 23.4. The molecule has 7 heteroatoms. The molecule has 1 aliphatic rings. The van der Waals surface area contributed by atoms with Crippen LogP contribution in [0.2, 0.25) is 0 Å². The van der Waals surface area contributed by atoms with E-state index in [1.807, 2.05) is 0 Å². The minimum absolute atomic E-state index is 0.0680. The van der Waals surface area contributed by atoms with Gasteiger partial charge in [0.15, 0.2) is 6.29 Å². The van der Waals surface area contributed by atoms with Crippen molar-refractivity contribution in [2.45, 2.75) is 128 Å². The van der Waals surface area contributed by atoms with Gasteiger partial charge in [0.2, 0.25) is 0 Å². The molecular formula is C25H50O5S2. The third-order valence-electron chi connectivity index (χ3n) is 6.07. The average molecular weight is 495 g/mol. The molecule has 1 aliphatic heterocycles. The highest BCUT2D eigenvalue weighted by Crippen LogP contribution is 2.16. The van der Waals surface area contributed by atoms with Crippen LogP contribution in [0.25, 0.3) is 0 Å². The van der Waals surface area contributed by atoms with Gasteiger partial charge in [0, 0.05) is 6.61 Å². The maximum atomic E-state index is 10.6. The SMILES string of the molecule is O=S(=O)(O)CCCCCCCCCCCCCCCCCSCCCOC1CCCCO1. The topological polar surface area (TPSA) is 72.8 Å². The van der Waals surface area contributed by atoms with Crippen LogP contribution in [-0.4, -0.2) is 49.7 Å². The van der Waals surface area contributed by atoms with E-state index in [1.54, 1.807) is 0 Å². The molecule has 0 spiro atoms. The normalized spacial score (nSPS) is 17.1. The van der Waals surface area contributed by atoms with Crippen LogP contribution in [0.15, 0.2) is 0 Å².